The third-order valence-electron chi connectivity index (χ3n) is 4.15. The van der Waals surface area contributed by atoms with Gasteiger partial charge in [-0.3, -0.25) is 0 Å². The number of nitrogens with zero attached hydrogens (tertiary/aromatic N) is 1. The van der Waals surface area contributed by atoms with E-state index in [1.54, 1.807) is 0 Å². The molecular formula is C11H22BNO4S. The van der Waals surface area contributed by atoms with Crippen LogP contribution in [0.1, 0.15) is 27.7 Å². The molecule has 2 heterocycles. The van der Waals surface area contributed by atoms with E-state index in [1.165, 1.54) is 0 Å². The minimum Gasteiger partial charge on any atom is -0.402 e. The molecular weight excluding hydrogens is 253 g/mol. The van der Waals surface area contributed by atoms with Crippen LogP contribution in [0.3, 0.4) is 0 Å². The molecule has 5 nitrogen and oxygen atoms in total. The lowest BCUT2D eigenvalue weighted by Crippen LogP contribution is -2.46. The van der Waals surface area contributed by atoms with Gasteiger partial charge in [-0.05, 0) is 27.7 Å². The van der Waals surface area contributed by atoms with Gasteiger partial charge in [-0.25, -0.2) is 8.42 Å². The van der Waals surface area contributed by atoms with E-state index in [1.807, 2.05) is 27.7 Å². The molecule has 0 amide bonds. The zero-order chi connectivity index (χ0) is 13.6. The predicted octanol–water partition coefficient (Wildman–Crippen LogP) is 0.348. The minimum absolute atomic E-state index is 0.243. The van der Waals surface area contributed by atoms with Crippen molar-refractivity contribution in [2.45, 2.75) is 38.9 Å². The summed E-state index contributed by atoms with van der Waals surface area (Å²) in [6.07, 6.45) is 0.641. The fraction of sp³-hybridized carbons (Fsp3) is 1.00. The Bertz CT molecular complexity index is 391. The van der Waals surface area contributed by atoms with Crippen LogP contribution in [-0.2, 0) is 19.1 Å². The summed E-state index contributed by atoms with van der Waals surface area (Å²) in [6.45, 7) is 9.24. The highest BCUT2D eigenvalue weighted by atomic mass is 32.2. The lowest BCUT2D eigenvalue weighted by atomic mass is 9.89. The van der Waals surface area contributed by atoms with Gasteiger partial charge in [0.1, 0.15) is 0 Å². The van der Waals surface area contributed by atoms with Crippen molar-refractivity contribution >= 4 is 17.0 Å². The average molecular weight is 275 g/mol. The first-order valence-corrected chi connectivity index (χ1v) is 8.22. The highest BCUT2D eigenvalue weighted by Gasteiger charge is 2.51. The highest BCUT2D eigenvalue weighted by molar-refractivity contribution is 7.91. The van der Waals surface area contributed by atoms with Gasteiger partial charge in [-0.2, -0.15) is 0 Å². The van der Waals surface area contributed by atoms with Crippen molar-refractivity contribution in [1.29, 1.82) is 0 Å². The average Bonchev–Trinajstić information content (AvgIpc) is 2.39. The van der Waals surface area contributed by atoms with E-state index in [0.717, 1.165) is 0 Å². The standard InChI is InChI=1S/C11H22BNO4S/c1-10(2)11(3,4)17-12(16-10)9-13-5-7-18(14,15)8-6-13/h5-9H2,1-4H3. The molecule has 0 atom stereocenters. The van der Waals surface area contributed by atoms with Gasteiger partial charge in [0.15, 0.2) is 9.84 Å². The number of hydrogen-bond acceptors (Lipinski definition) is 5. The fourth-order valence-electron chi connectivity index (χ4n) is 2.18. The van der Waals surface area contributed by atoms with Crippen LogP contribution < -0.4 is 0 Å². The molecule has 0 unspecified atom stereocenters. The molecule has 0 aromatic rings. The predicted molar refractivity (Wildman–Crippen MR) is 71.2 cm³/mol. The van der Waals surface area contributed by atoms with Crippen molar-refractivity contribution in [3.63, 3.8) is 0 Å². The molecule has 104 valence electrons. The summed E-state index contributed by atoms with van der Waals surface area (Å²) in [4.78, 5) is 2.10. The minimum atomic E-state index is -2.82. The van der Waals surface area contributed by atoms with E-state index in [2.05, 4.69) is 4.90 Å². The van der Waals surface area contributed by atoms with Gasteiger partial charge in [0.2, 0.25) is 0 Å². The van der Waals surface area contributed by atoms with Gasteiger partial charge >= 0.3 is 7.12 Å². The van der Waals surface area contributed by atoms with Crippen molar-refractivity contribution in [2.24, 2.45) is 0 Å². The van der Waals surface area contributed by atoms with E-state index in [0.29, 0.717) is 19.5 Å². The van der Waals surface area contributed by atoms with Crippen LogP contribution in [0.15, 0.2) is 0 Å². The molecule has 2 rings (SSSR count). The Morgan fingerprint density at radius 3 is 1.94 bits per heavy atom. The van der Waals surface area contributed by atoms with E-state index in [4.69, 9.17) is 9.31 Å². The van der Waals surface area contributed by atoms with Crippen LogP contribution in [0.25, 0.3) is 0 Å². The van der Waals surface area contributed by atoms with Gasteiger partial charge in [0.05, 0.1) is 22.7 Å². The molecule has 0 aliphatic carbocycles. The lowest BCUT2D eigenvalue weighted by Gasteiger charge is -2.32. The second kappa shape index (κ2) is 4.47. The van der Waals surface area contributed by atoms with Crippen LogP contribution in [0, 0.1) is 0 Å². The molecule has 2 fully saturated rings. The third kappa shape index (κ3) is 2.90. The second-order valence-electron chi connectivity index (χ2n) is 6.14. The monoisotopic (exact) mass is 275 g/mol. The topological polar surface area (TPSA) is 55.8 Å². The zero-order valence-corrected chi connectivity index (χ0v) is 12.4. The van der Waals surface area contributed by atoms with E-state index < -0.39 is 9.84 Å². The molecule has 0 bridgehead atoms. The summed E-state index contributed by atoms with van der Waals surface area (Å²) in [5, 5.41) is 0. The molecule has 2 aliphatic rings. The first-order valence-electron chi connectivity index (χ1n) is 6.40. The Kier molecular flexibility index (Phi) is 3.55. The lowest BCUT2D eigenvalue weighted by molar-refractivity contribution is 0.00578. The normalized spacial score (nSPS) is 30.6. The first-order chi connectivity index (χ1) is 8.11. The molecule has 0 radical (unpaired) electrons. The maximum atomic E-state index is 11.4. The van der Waals surface area contributed by atoms with Crippen molar-refractivity contribution in [3.8, 4) is 0 Å². The van der Waals surface area contributed by atoms with Crippen molar-refractivity contribution in [2.75, 3.05) is 31.0 Å². The van der Waals surface area contributed by atoms with E-state index in [-0.39, 0.29) is 29.8 Å². The van der Waals surface area contributed by atoms with Crippen molar-refractivity contribution in [3.05, 3.63) is 0 Å². The molecule has 0 spiro atoms. The number of rotatable bonds is 2. The Hall–Kier alpha value is -0.105. The van der Waals surface area contributed by atoms with E-state index in [9.17, 15) is 8.42 Å². The summed E-state index contributed by atoms with van der Waals surface area (Å²) >= 11 is 0. The quantitative estimate of drug-likeness (QED) is 0.681. The molecule has 2 aliphatic heterocycles. The smallest absolute Gasteiger partial charge is 0.402 e. The van der Waals surface area contributed by atoms with Crippen LogP contribution in [0.5, 0.6) is 0 Å². The summed E-state index contributed by atoms with van der Waals surface area (Å²) in [5.41, 5.74) is -0.640. The maximum Gasteiger partial charge on any atom is 0.472 e. The van der Waals surface area contributed by atoms with Crippen LogP contribution in [-0.4, -0.2) is 62.7 Å². The van der Waals surface area contributed by atoms with Crippen LogP contribution in [0.2, 0.25) is 0 Å². The Morgan fingerprint density at radius 1 is 1.06 bits per heavy atom. The molecule has 0 saturated carbocycles. The third-order valence-corrected chi connectivity index (χ3v) is 5.76. The molecule has 18 heavy (non-hydrogen) atoms. The largest absolute Gasteiger partial charge is 0.472 e. The van der Waals surface area contributed by atoms with Gasteiger partial charge in [0, 0.05) is 19.5 Å². The van der Waals surface area contributed by atoms with Crippen LogP contribution >= 0.6 is 0 Å². The van der Waals surface area contributed by atoms with Gasteiger partial charge in [0.25, 0.3) is 0 Å². The van der Waals surface area contributed by atoms with Crippen molar-refractivity contribution < 1.29 is 17.7 Å². The van der Waals surface area contributed by atoms with Gasteiger partial charge < -0.3 is 14.2 Å². The summed E-state index contributed by atoms with van der Waals surface area (Å²) in [5.74, 6) is 0.485. The Balaban J connectivity index is 1.90. The van der Waals surface area contributed by atoms with Crippen molar-refractivity contribution in [1.82, 2.24) is 4.90 Å². The highest BCUT2D eigenvalue weighted by Crippen LogP contribution is 2.36. The summed E-state index contributed by atoms with van der Waals surface area (Å²) < 4.78 is 34.5. The van der Waals surface area contributed by atoms with Gasteiger partial charge in [-0.15, -0.1) is 0 Å². The summed E-state index contributed by atoms with van der Waals surface area (Å²) in [6, 6.07) is 0. The Morgan fingerprint density at radius 2 is 1.50 bits per heavy atom. The van der Waals surface area contributed by atoms with Gasteiger partial charge in [-0.1, -0.05) is 0 Å². The second-order valence-corrected chi connectivity index (χ2v) is 8.44. The number of sulfone groups is 1. The fourth-order valence-corrected chi connectivity index (χ4v) is 3.46. The number of hydrogen-bond donors (Lipinski definition) is 0. The van der Waals surface area contributed by atoms with Crippen LogP contribution in [0.4, 0.5) is 0 Å². The Labute approximate surface area is 110 Å². The maximum absolute atomic E-state index is 11.4. The summed E-state index contributed by atoms with van der Waals surface area (Å²) in [7, 11) is -3.09. The molecule has 7 heteroatoms. The first kappa shape index (κ1) is 14.3. The molecule has 0 aromatic heterocycles. The molecule has 0 aromatic carbocycles. The SMILES string of the molecule is CC1(C)OB(CN2CCS(=O)(=O)CC2)OC1(C)C. The molecule has 0 N–H and O–H groups in total. The zero-order valence-electron chi connectivity index (χ0n) is 11.6. The molecule has 2 saturated heterocycles. The van der Waals surface area contributed by atoms with E-state index >= 15 is 0 Å².